The molecule has 8 heteroatoms. The first-order valence-corrected chi connectivity index (χ1v) is 8.98. The maximum absolute atomic E-state index is 12.7. The average molecular weight is 384 g/mol. The van der Waals surface area contributed by atoms with Crippen LogP contribution in [0.5, 0.6) is 0 Å². The van der Waals surface area contributed by atoms with E-state index in [4.69, 9.17) is 9.57 Å². The van der Waals surface area contributed by atoms with Gasteiger partial charge in [-0.25, -0.2) is 4.79 Å². The van der Waals surface area contributed by atoms with Crippen LogP contribution in [-0.2, 0) is 35.4 Å². The molecule has 2 heterocycles. The minimum atomic E-state index is -0.747. The molecular formula is C20H20N2O6. The van der Waals surface area contributed by atoms with Crippen molar-refractivity contribution in [3.63, 3.8) is 0 Å². The number of hydroxylamine groups is 2. The second-order valence-corrected chi connectivity index (χ2v) is 6.52. The monoisotopic (exact) mass is 384 g/mol. The fraction of sp³-hybridized carbons (Fsp3) is 0.350. The first kappa shape index (κ1) is 19.5. The summed E-state index contributed by atoms with van der Waals surface area (Å²) < 4.78 is 5.67. The highest BCUT2D eigenvalue weighted by molar-refractivity contribution is 6.07. The molecule has 3 rings (SSSR count). The molecule has 1 unspecified atom stereocenters. The SMILES string of the molecule is CC1=C(OCc2ccccc2)C(=O)C(CCC(=O)ON2C(=O)CCC2=O)C=N1. The van der Waals surface area contributed by atoms with E-state index in [0.29, 0.717) is 10.8 Å². The van der Waals surface area contributed by atoms with Gasteiger partial charge in [-0.15, -0.1) is 5.06 Å². The van der Waals surface area contributed by atoms with Gasteiger partial charge in [-0.05, 0) is 18.9 Å². The van der Waals surface area contributed by atoms with E-state index < -0.39 is 23.7 Å². The predicted molar refractivity (Wildman–Crippen MR) is 97.3 cm³/mol. The predicted octanol–water partition coefficient (Wildman–Crippen LogP) is 2.09. The maximum atomic E-state index is 12.7. The van der Waals surface area contributed by atoms with E-state index in [2.05, 4.69) is 4.99 Å². The number of nitrogens with zero attached hydrogens (tertiary/aromatic N) is 2. The van der Waals surface area contributed by atoms with Crippen molar-refractivity contribution in [3.8, 4) is 0 Å². The van der Waals surface area contributed by atoms with Crippen LogP contribution in [0.2, 0.25) is 0 Å². The summed E-state index contributed by atoms with van der Waals surface area (Å²) in [6.45, 7) is 1.92. The molecule has 0 bridgehead atoms. The Bertz CT molecular complexity index is 843. The third-order valence-electron chi connectivity index (χ3n) is 4.42. The zero-order chi connectivity index (χ0) is 20.1. The molecule has 0 N–H and O–H groups in total. The summed E-state index contributed by atoms with van der Waals surface area (Å²) in [7, 11) is 0. The van der Waals surface area contributed by atoms with Crippen molar-refractivity contribution in [2.24, 2.45) is 10.9 Å². The van der Waals surface area contributed by atoms with Gasteiger partial charge in [0.15, 0.2) is 5.76 Å². The number of aliphatic imine (C=N–C) groups is 1. The first-order valence-electron chi connectivity index (χ1n) is 8.98. The van der Waals surface area contributed by atoms with Gasteiger partial charge in [0.25, 0.3) is 11.8 Å². The number of ether oxygens (including phenoxy) is 1. The molecule has 1 aromatic rings. The first-order chi connectivity index (χ1) is 13.5. The second-order valence-electron chi connectivity index (χ2n) is 6.52. The van der Waals surface area contributed by atoms with Gasteiger partial charge in [0.1, 0.15) is 6.61 Å². The van der Waals surface area contributed by atoms with Crippen LogP contribution in [0.25, 0.3) is 0 Å². The van der Waals surface area contributed by atoms with Crippen LogP contribution < -0.4 is 0 Å². The van der Waals surface area contributed by atoms with Gasteiger partial charge in [0.2, 0.25) is 5.78 Å². The van der Waals surface area contributed by atoms with Crippen molar-refractivity contribution in [3.05, 3.63) is 47.4 Å². The lowest BCUT2D eigenvalue weighted by Gasteiger charge is -2.20. The number of imide groups is 1. The standard InChI is InChI=1S/C20H20N2O6/c1-13-20(27-12-14-5-3-2-4-6-14)19(26)15(11-21-13)7-10-18(25)28-22-16(23)8-9-17(22)24/h2-6,11,15H,7-10,12H2,1H3. The van der Waals surface area contributed by atoms with E-state index >= 15 is 0 Å². The fourth-order valence-electron chi connectivity index (χ4n) is 2.86. The maximum Gasteiger partial charge on any atom is 0.333 e. The minimum Gasteiger partial charge on any atom is -0.483 e. The topological polar surface area (TPSA) is 102 Å². The number of Topliss-reactive ketones (excluding diaryl/α,β-unsaturated/α-hetero) is 1. The summed E-state index contributed by atoms with van der Waals surface area (Å²) in [4.78, 5) is 56.6. The smallest absolute Gasteiger partial charge is 0.333 e. The van der Waals surface area contributed by atoms with Crippen molar-refractivity contribution in [2.45, 2.75) is 39.2 Å². The molecule has 28 heavy (non-hydrogen) atoms. The van der Waals surface area contributed by atoms with Gasteiger partial charge in [-0.3, -0.25) is 19.4 Å². The van der Waals surface area contributed by atoms with E-state index in [-0.39, 0.29) is 43.8 Å². The molecule has 0 radical (unpaired) electrons. The molecule has 0 aliphatic carbocycles. The van der Waals surface area contributed by atoms with Crippen molar-refractivity contribution in [1.29, 1.82) is 0 Å². The van der Waals surface area contributed by atoms with Gasteiger partial charge in [0.05, 0.1) is 11.6 Å². The number of amides is 2. The Hall–Kier alpha value is -3.29. The Balaban J connectivity index is 1.53. The summed E-state index contributed by atoms with van der Waals surface area (Å²) >= 11 is 0. The molecule has 146 valence electrons. The highest BCUT2D eigenvalue weighted by Crippen LogP contribution is 2.23. The lowest BCUT2D eigenvalue weighted by atomic mass is 9.95. The van der Waals surface area contributed by atoms with Gasteiger partial charge in [-0.1, -0.05) is 30.3 Å². The molecule has 0 spiro atoms. The molecule has 0 aromatic heterocycles. The van der Waals surface area contributed by atoms with Gasteiger partial charge in [0, 0.05) is 25.5 Å². The fourth-order valence-corrected chi connectivity index (χ4v) is 2.86. The van der Waals surface area contributed by atoms with Crippen LogP contribution in [0.1, 0.15) is 38.2 Å². The third-order valence-corrected chi connectivity index (χ3v) is 4.42. The Morgan fingerprint density at radius 1 is 1.14 bits per heavy atom. The van der Waals surface area contributed by atoms with Gasteiger partial charge >= 0.3 is 5.97 Å². The number of hydrogen-bond donors (Lipinski definition) is 0. The number of benzene rings is 1. The van der Waals surface area contributed by atoms with E-state index in [1.165, 1.54) is 6.21 Å². The largest absolute Gasteiger partial charge is 0.483 e. The minimum absolute atomic E-state index is 0.0338. The normalized spacial score (nSPS) is 19.4. The van der Waals surface area contributed by atoms with Crippen LogP contribution in [0.15, 0.2) is 46.8 Å². The summed E-state index contributed by atoms with van der Waals surface area (Å²) in [5.74, 6) is -2.54. The molecular weight excluding hydrogens is 364 g/mol. The van der Waals surface area contributed by atoms with Crippen LogP contribution in [-0.4, -0.2) is 34.8 Å². The van der Waals surface area contributed by atoms with Crippen LogP contribution in [0, 0.1) is 5.92 Å². The third kappa shape index (κ3) is 4.51. The highest BCUT2D eigenvalue weighted by Gasteiger charge is 2.33. The number of carbonyl (C=O) groups excluding carboxylic acids is 4. The molecule has 1 atom stereocenters. The number of carbonyl (C=O) groups is 4. The Morgan fingerprint density at radius 3 is 2.50 bits per heavy atom. The van der Waals surface area contributed by atoms with E-state index in [1.807, 2.05) is 30.3 Å². The highest BCUT2D eigenvalue weighted by atomic mass is 16.7. The quantitative estimate of drug-likeness (QED) is 0.667. The lowest BCUT2D eigenvalue weighted by Crippen LogP contribution is -2.32. The van der Waals surface area contributed by atoms with Crippen LogP contribution >= 0.6 is 0 Å². The van der Waals surface area contributed by atoms with Crippen LogP contribution in [0.3, 0.4) is 0 Å². The lowest BCUT2D eigenvalue weighted by molar-refractivity contribution is -0.197. The van der Waals surface area contributed by atoms with Crippen molar-refractivity contribution in [1.82, 2.24) is 5.06 Å². The van der Waals surface area contributed by atoms with Crippen LogP contribution in [0.4, 0.5) is 0 Å². The Labute approximate surface area is 161 Å². The number of rotatable bonds is 7. The van der Waals surface area contributed by atoms with E-state index in [9.17, 15) is 19.2 Å². The molecule has 2 aliphatic rings. The molecule has 1 aromatic carbocycles. The molecule has 8 nitrogen and oxygen atoms in total. The van der Waals surface area contributed by atoms with Gasteiger partial charge < -0.3 is 9.57 Å². The summed E-state index contributed by atoms with van der Waals surface area (Å²) in [6.07, 6.45) is 1.55. The average Bonchev–Trinajstić information content (AvgIpc) is 3.00. The molecule has 1 saturated heterocycles. The molecule has 2 amide bonds. The second kappa shape index (κ2) is 8.60. The Morgan fingerprint density at radius 2 is 1.82 bits per heavy atom. The molecule has 2 aliphatic heterocycles. The van der Waals surface area contributed by atoms with Crippen molar-refractivity contribution >= 4 is 29.8 Å². The number of hydrogen-bond acceptors (Lipinski definition) is 7. The molecule has 0 saturated carbocycles. The summed E-state index contributed by atoms with van der Waals surface area (Å²) in [6, 6.07) is 9.43. The van der Waals surface area contributed by atoms with E-state index in [1.54, 1.807) is 6.92 Å². The Kier molecular flexibility index (Phi) is 5.98. The van der Waals surface area contributed by atoms with Gasteiger partial charge in [-0.2, -0.15) is 0 Å². The zero-order valence-electron chi connectivity index (χ0n) is 15.4. The summed E-state index contributed by atoms with van der Waals surface area (Å²) in [5, 5.41) is 0.498. The number of ketones is 1. The zero-order valence-corrected chi connectivity index (χ0v) is 15.4. The van der Waals surface area contributed by atoms with Crippen molar-refractivity contribution in [2.75, 3.05) is 0 Å². The summed E-state index contributed by atoms with van der Waals surface area (Å²) in [5.41, 5.74) is 1.40. The number of allylic oxidation sites excluding steroid dienone is 2. The van der Waals surface area contributed by atoms with Crippen molar-refractivity contribution < 1.29 is 28.8 Å². The van der Waals surface area contributed by atoms with E-state index in [0.717, 1.165) is 5.56 Å². The molecule has 1 fully saturated rings.